The Morgan fingerprint density at radius 2 is 1.89 bits per heavy atom. The van der Waals surface area contributed by atoms with Crippen molar-refractivity contribution in [3.05, 3.63) is 75.8 Å². The van der Waals surface area contributed by atoms with Crippen molar-refractivity contribution >= 4 is 15.9 Å². The number of nitrogens with two attached hydrogens (primary N) is 1. The predicted octanol–water partition coefficient (Wildman–Crippen LogP) is 3.60. The van der Waals surface area contributed by atoms with Crippen molar-refractivity contribution in [1.29, 1.82) is 0 Å². The van der Waals surface area contributed by atoms with Crippen LogP contribution >= 0.6 is 15.9 Å². The normalized spacial score (nSPS) is 29.1. The second-order valence-electron chi connectivity index (χ2n) is 8.43. The molecule has 2 fully saturated rings. The van der Waals surface area contributed by atoms with E-state index in [1.165, 1.54) is 12.1 Å². The van der Waals surface area contributed by atoms with Crippen molar-refractivity contribution in [1.82, 2.24) is 14.8 Å². The molecule has 12 heteroatoms. The Morgan fingerprint density at radius 1 is 1.14 bits per heavy atom. The third kappa shape index (κ3) is 4.61. The Kier molecular flexibility index (Phi) is 6.45. The highest BCUT2D eigenvalue weighted by molar-refractivity contribution is 9.10. The van der Waals surface area contributed by atoms with Crippen LogP contribution in [0.15, 0.2) is 53.0 Å². The fraction of sp³-hybridized carbons (Fsp3) is 0.391. The molecule has 3 aromatic rings. The van der Waals surface area contributed by atoms with Gasteiger partial charge in [-0.05, 0) is 25.1 Å². The van der Waals surface area contributed by atoms with Gasteiger partial charge < -0.3 is 25.1 Å². The fourth-order valence-corrected chi connectivity index (χ4v) is 4.73. The number of fused-ring (bicyclic) bond motifs is 1. The van der Waals surface area contributed by atoms with Crippen LogP contribution in [-0.2, 0) is 20.4 Å². The van der Waals surface area contributed by atoms with Gasteiger partial charge in [0, 0.05) is 10.0 Å². The number of aryl methyl sites for hydroxylation is 1. The zero-order valence-corrected chi connectivity index (χ0v) is 20.0. The van der Waals surface area contributed by atoms with Crippen molar-refractivity contribution in [3.63, 3.8) is 0 Å². The largest absolute Gasteiger partial charge is 0.418 e. The first-order valence-corrected chi connectivity index (χ1v) is 11.6. The van der Waals surface area contributed by atoms with Crippen molar-refractivity contribution in [3.8, 4) is 5.69 Å². The molecule has 2 aromatic carbocycles. The highest BCUT2D eigenvalue weighted by atomic mass is 79.9. The molecule has 0 amide bonds. The summed E-state index contributed by atoms with van der Waals surface area (Å²) in [5, 5.41) is 15.2. The first-order chi connectivity index (χ1) is 16.6. The molecule has 2 aliphatic heterocycles. The molecular formula is C23H22BrF3N4O4. The summed E-state index contributed by atoms with van der Waals surface area (Å²) in [5.74, 6) is 0.206. The zero-order chi connectivity index (χ0) is 24.9. The number of halogens is 4. The Morgan fingerprint density at radius 3 is 2.60 bits per heavy atom. The van der Waals surface area contributed by atoms with Gasteiger partial charge in [0.05, 0.1) is 23.9 Å². The van der Waals surface area contributed by atoms with Crippen LogP contribution in [0.5, 0.6) is 0 Å². The minimum atomic E-state index is -4.64. The number of nitrogens with zero attached hydrogens (tertiary/aromatic N) is 3. The minimum Gasteiger partial charge on any atom is -0.388 e. The van der Waals surface area contributed by atoms with Crippen LogP contribution in [0.4, 0.5) is 13.2 Å². The Hall–Kier alpha value is -2.35. The van der Waals surface area contributed by atoms with E-state index >= 15 is 0 Å². The summed E-state index contributed by atoms with van der Waals surface area (Å²) in [6, 6.07) is 11.9. The molecule has 6 atom stereocenters. The van der Waals surface area contributed by atoms with E-state index in [0.717, 1.165) is 16.3 Å². The highest BCUT2D eigenvalue weighted by Gasteiger charge is 2.50. The van der Waals surface area contributed by atoms with Crippen LogP contribution in [-0.4, -0.2) is 50.8 Å². The molecule has 5 rings (SSSR count). The number of hydrogen-bond donors (Lipinski definition) is 2. The van der Waals surface area contributed by atoms with E-state index in [-0.39, 0.29) is 23.9 Å². The Bertz CT molecular complexity index is 1210. The van der Waals surface area contributed by atoms with Gasteiger partial charge in [-0.1, -0.05) is 46.3 Å². The number of ether oxygens (including phenoxy) is 3. The zero-order valence-electron chi connectivity index (χ0n) is 18.4. The molecular weight excluding hydrogens is 533 g/mol. The second-order valence-corrected chi connectivity index (χ2v) is 9.34. The lowest BCUT2D eigenvalue weighted by Gasteiger charge is -2.46. The van der Waals surface area contributed by atoms with E-state index in [1.807, 2.05) is 30.3 Å². The van der Waals surface area contributed by atoms with E-state index in [9.17, 15) is 18.3 Å². The molecule has 0 saturated carbocycles. The van der Waals surface area contributed by atoms with Crippen LogP contribution in [0.2, 0.25) is 0 Å². The Labute approximate surface area is 206 Å². The van der Waals surface area contributed by atoms with Crippen molar-refractivity contribution < 1.29 is 32.5 Å². The molecule has 0 aliphatic carbocycles. The molecule has 4 unspecified atom stereocenters. The van der Waals surface area contributed by atoms with Gasteiger partial charge in [-0.2, -0.15) is 18.3 Å². The van der Waals surface area contributed by atoms with E-state index in [1.54, 1.807) is 6.92 Å². The molecule has 35 heavy (non-hydrogen) atoms. The molecule has 2 saturated heterocycles. The number of aliphatic hydroxyl groups excluding tert-OH is 1. The smallest absolute Gasteiger partial charge is 0.388 e. The molecule has 0 spiro atoms. The number of aromatic nitrogens is 3. The number of benzene rings is 2. The quantitative estimate of drug-likeness (QED) is 0.509. The molecule has 8 nitrogen and oxygen atoms in total. The van der Waals surface area contributed by atoms with Crippen LogP contribution in [0, 0.1) is 6.92 Å². The van der Waals surface area contributed by atoms with E-state index in [2.05, 4.69) is 26.0 Å². The van der Waals surface area contributed by atoms with Gasteiger partial charge >= 0.3 is 6.18 Å². The van der Waals surface area contributed by atoms with Crippen molar-refractivity contribution in [2.45, 2.75) is 49.8 Å². The maximum atomic E-state index is 13.8. The summed E-state index contributed by atoms with van der Waals surface area (Å²) < 4.78 is 60.7. The van der Waals surface area contributed by atoms with Gasteiger partial charge in [0.15, 0.2) is 12.1 Å². The first kappa shape index (κ1) is 24.3. The minimum absolute atomic E-state index is 0.00215. The maximum absolute atomic E-state index is 13.8. The summed E-state index contributed by atoms with van der Waals surface area (Å²) in [7, 11) is 0. The summed E-state index contributed by atoms with van der Waals surface area (Å²) >= 11 is 3.22. The summed E-state index contributed by atoms with van der Waals surface area (Å²) in [6.07, 6.45) is -9.18. The molecule has 2 aliphatic rings. The van der Waals surface area contributed by atoms with Crippen molar-refractivity contribution in [2.24, 2.45) is 5.73 Å². The molecule has 1 aromatic heterocycles. The van der Waals surface area contributed by atoms with Crippen LogP contribution < -0.4 is 5.73 Å². The molecule has 0 bridgehead atoms. The third-order valence-corrected chi connectivity index (χ3v) is 6.52. The number of rotatable bonds is 3. The van der Waals surface area contributed by atoms with Gasteiger partial charge in [-0.15, -0.1) is 0 Å². The van der Waals surface area contributed by atoms with Gasteiger partial charge in [0.1, 0.15) is 30.2 Å². The number of alkyl halides is 3. The lowest BCUT2D eigenvalue weighted by molar-refractivity contribution is -0.309. The van der Waals surface area contributed by atoms with Crippen molar-refractivity contribution in [2.75, 3.05) is 6.61 Å². The average molecular weight is 555 g/mol. The van der Waals surface area contributed by atoms with Gasteiger partial charge in [-0.25, -0.2) is 9.67 Å². The highest BCUT2D eigenvalue weighted by Crippen LogP contribution is 2.40. The van der Waals surface area contributed by atoms with Gasteiger partial charge in [0.25, 0.3) is 0 Å². The Balaban J connectivity index is 1.47. The number of aliphatic hydroxyl groups is 1. The SMILES string of the molecule is Cc1nc([C@@H]2OC3COC(c4ccccc4)O[C@@H]3C(N)C2O)n(-c2cc(Br)ccc2C(F)(F)F)n1. The van der Waals surface area contributed by atoms with Gasteiger partial charge in [0.2, 0.25) is 0 Å². The average Bonchev–Trinajstić information content (AvgIpc) is 3.22. The standard InChI is InChI=1S/C23H22BrF3N4O4/c1-11-29-21(31(30-11)15-9-13(24)7-8-14(15)23(25,26)27)20-18(32)17(28)19-16(34-20)10-33-22(35-19)12-5-3-2-4-6-12/h2-9,16-20,22,32H,10,28H2,1H3/t16?,17?,18?,19-,20+,22?/m0/s1. The predicted molar refractivity (Wildman–Crippen MR) is 120 cm³/mol. The van der Waals surface area contributed by atoms with Crippen LogP contribution in [0.1, 0.15) is 35.2 Å². The molecule has 0 radical (unpaired) electrons. The first-order valence-electron chi connectivity index (χ1n) is 10.9. The third-order valence-electron chi connectivity index (χ3n) is 6.02. The molecule has 3 heterocycles. The maximum Gasteiger partial charge on any atom is 0.418 e. The monoisotopic (exact) mass is 554 g/mol. The van der Waals surface area contributed by atoms with E-state index < -0.39 is 48.5 Å². The summed E-state index contributed by atoms with van der Waals surface area (Å²) in [6.45, 7) is 1.65. The van der Waals surface area contributed by atoms with Crippen LogP contribution in [0.25, 0.3) is 5.69 Å². The van der Waals surface area contributed by atoms with Gasteiger partial charge in [-0.3, -0.25) is 0 Å². The molecule has 186 valence electrons. The second kappa shape index (κ2) is 9.26. The number of hydrogen-bond acceptors (Lipinski definition) is 7. The molecule has 3 N–H and O–H groups in total. The topological polar surface area (TPSA) is 105 Å². The van der Waals surface area contributed by atoms with E-state index in [4.69, 9.17) is 19.9 Å². The lowest BCUT2D eigenvalue weighted by Crippen LogP contribution is -2.62. The van der Waals surface area contributed by atoms with Crippen LogP contribution in [0.3, 0.4) is 0 Å². The summed E-state index contributed by atoms with van der Waals surface area (Å²) in [4.78, 5) is 4.30. The lowest BCUT2D eigenvalue weighted by atomic mass is 9.92. The van der Waals surface area contributed by atoms with E-state index in [0.29, 0.717) is 4.47 Å². The summed E-state index contributed by atoms with van der Waals surface area (Å²) in [5.41, 5.74) is 5.99. The fourth-order valence-electron chi connectivity index (χ4n) is 4.38.